The summed E-state index contributed by atoms with van der Waals surface area (Å²) < 4.78 is 2.36. The topological polar surface area (TPSA) is 125 Å². The van der Waals surface area contributed by atoms with Crippen LogP contribution in [-0.2, 0) is 4.79 Å². The van der Waals surface area contributed by atoms with Crippen molar-refractivity contribution < 1.29 is 15.0 Å². The van der Waals surface area contributed by atoms with Gasteiger partial charge in [0.15, 0.2) is 17.0 Å². The minimum Gasteiger partial charge on any atom is -0.389 e. The zero-order valence-electron chi connectivity index (χ0n) is 18.0. The van der Waals surface area contributed by atoms with E-state index in [1.807, 2.05) is 6.07 Å². The van der Waals surface area contributed by atoms with Crippen molar-refractivity contribution >= 4 is 45.8 Å². The van der Waals surface area contributed by atoms with Gasteiger partial charge in [-0.3, -0.25) is 4.79 Å². The lowest BCUT2D eigenvalue weighted by Crippen LogP contribution is -2.45. The smallest absolute Gasteiger partial charge is 0.228 e. The Balaban J connectivity index is 1.57. The molecule has 4 N–H and O–H groups in total. The van der Waals surface area contributed by atoms with Gasteiger partial charge in [0, 0.05) is 13.1 Å². The van der Waals surface area contributed by atoms with Gasteiger partial charge in [-0.1, -0.05) is 11.6 Å². The fourth-order valence-electron chi connectivity index (χ4n) is 4.27. The molecule has 0 aromatic carbocycles. The maximum Gasteiger partial charge on any atom is 0.228 e. The van der Waals surface area contributed by atoms with Gasteiger partial charge in [0.2, 0.25) is 11.7 Å². The fourth-order valence-corrected chi connectivity index (χ4v) is 5.17. The monoisotopic (exact) mass is 486 g/mol. The normalized spacial score (nSPS) is 26.8. The van der Waals surface area contributed by atoms with Crippen LogP contribution in [0.5, 0.6) is 0 Å². The summed E-state index contributed by atoms with van der Waals surface area (Å²) in [6.07, 6.45) is 1.52. The van der Waals surface area contributed by atoms with Crippen LogP contribution in [0.2, 0.25) is 4.34 Å². The number of imidazole rings is 1. The number of fused-ring (bicyclic) bond motifs is 1. The molecule has 5 rings (SSSR count). The number of carbonyl (C=O) groups excluding carboxylic acids is 1. The predicted molar refractivity (Wildman–Crippen MR) is 125 cm³/mol. The maximum absolute atomic E-state index is 12.5. The predicted octanol–water partition coefficient (Wildman–Crippen LogP) is 1.93. The number of hydrogen-bond acceptors (Lipinski definition) is 8. The molecule has 2 aliphatic carbocycles. The number of aromatic nitrogens is 4. The maximum atomic E-state index is 12.5. The van der Waals surface area contributed by atoms with E-state index in [0.717, 1.165) is 17.7 Å². The number of nitrogens with zero attached hydrogens (tertiary/aromatic N) is 4. The average Bonchev–Trinajstić information content (AvgIpc) is 3.27. The highest BCUT2D eigenvalue weighted by molar-refractivity contribution is 7.16. The van der Waals surface area contributed by atoms with Crippen molar-refractivity contribution in [3.8, 4) is 11.8 Å². The molecule has 3 heterocycles. The summed E-state index contributed by atoms with van der Waals surface area (Å²) in [5, 5.41) is 27.5. The van der Waals surface area contributed by atoms with E-state index in [1.54, 1.807) is 23.9 Å². The third-order valence-electron chi connectivity index (χ3n) is 6.32. The molecule has 0 aliphatic heterocycles. The third kappa shape index (κ3) is 3.95. The first kappa shape index (κ1) is 22.1. The van der Waals surface area contributed by atoms with Gasteiger partial charge in [-0.15, -0.1) is 11.3 Å². The zero-order chi connectivity index (χ0) is 23.3. The summed E-state index contributed by atoms with van der Waals surface area (Å²) >= 11 is 7.37. The van der Waals surface area contributed by atoms with Crippen LogP contribution in [0, 0.1) is 17.3 Å². The lowest BCUT2D eigenvalue weighted by molar-refractivity contribution is -0.136. The minimum atomic E-state index is -1.23. The second-order valence-corrected chi connectivity index (χ2v) is 10.4. The van der Waals surface area contributed by atoms with Crippen LogP contribution in [0.15, 0.2) is 18.5 Å². The quantitative estimate of drug-likeness (QED) is 0.415. The van der Waals surface area contributed by atoms with Crippen molar-refractivity contribution in [1.82, 2.24) is 24.8 Å². The molecular weight excluding hydrogens is 464 g/mol. The first-order valence-electron chi connectivity index (χ1n) is 10.7. The van der Waals surface area contributed by atoms with Gasteiger partial charge in [0.05, 0.1) is 33.1 Å². The van der Waals surface area contributed by atoms with Crippen LogP contribution < -0.4 is 10.6 Å². The van der Waals surface area contributed by atoms with Gasteiger partial charge in [-0.25, -0.2) is 15.0 Å². The standard InChI is InChI=1S/C22H23ClN6O3S/c1-22(21(32)24-2)9-13(17(30)18(22)31)29-10-25-16-19(26-11-3-4-11)27-15(28-20(16)29)8-6-12-5-7-14(23)33-12/h5,7,10-11,13,17-18,30-31H,3-4,9H2,1-2H3,(H,24,32)(H,26,27,28)/t13-,17+,18+,22?/m1/s1. The van der Waals surface area contributed by atoms with Gasteiger partial charge in [-0.05, 0) is 50.2 Å². The molecule has 2 saturated carbocycles. The second kappa shape index (κ2) is 8.25. The molecule has 0 radical (unpaired) electrons. The van der Waals surface area contributed by atoms with E-state index >= 15 is 0 Å². The van der Waals surface area contributed by atoms with Gasteiger partial charge in [0.25, 0.3) is 0 Å². The van der Waals surface area contributed by atoms with Gasteiger partial charge < -0.3 is 25.4 Å². The van der Waals surface area contributed by atoms with E-state index in [0.29, 0.717) is 33.2 Å². The number of nitrogens with one attached hydrogen (secondary N) is 2. The Morgan fingerprint density at radius 1 is 1.30 bits per heavy atom. The van der Waals surface area contributed by atoms with Crippen molar-refractivity contribution in [2.45, 2.75) is 50.5 Å². The number of aliphatic hydroxyl groups is 2. The molecule has 33 heavy (non-hydrogen) atoms. The zero-order valence-corrected chi connectivity index (χ0v) is 19.6. The number of rotatable bonds is 4. The Morgan fingerprint density at radius 2 is 2.09 bits per heavy atom. The molecule has 172 valence electrons. The summed E-state index contributed by atoms with van der Waals surface area (Å²) in [5.41, 5.74) is -0.0977. The summed E-state index contributed by atoms with van der Waals surface area (Å²) in [4.78, 5) is 26.9. The molecule has 2 fully saturated rings. The van der Waals surface area contributed by atoms with Gasteiger partial charge in [0.1, 0.15) is 6.10 Å². The van der Waals surface area contributed by atoms with E-state index in [1.165, 1.54) is 18.4 Å². The van der Waals surface area contributed by atoms with Crippen molar-refractivity contribution in [2.75, 3.05) is 12.4 Å². The molecule has 1 amide bonds. The molecule has 3 aromatic rings. The Labute approximate surface area is 199 Å². The fraction of sp³-hybridized carbons (Fsp3) is 0.455. The first-order valence-corrected chi connectivity index (χ1v) is 11.9. The second-order valence-electron chi connectivity index (χ2n) is 8.70. The largest absolute Gasteiger partial charge is 0.389 e. The highest BCUT2D eigenvalue weighted by atomic mass is 35.5. The lowest BCUT2D eigenvalue weighted by atomic mass is 9.85. The molecule has 9 nitrogen and oxygen atoms in total. The number of anilines is 1. The highest BCUT2D eigenvalue weighted by Gasteiger charge is 2.54. The van der Waals surface area contributed by atoms with Gasteiger partial charge >= 0.3 is 0 Å². The van der Waals surface area contributed by atoms with Gasteiger partial charge in [-0.2, -0.15) is 0 Å². The molecule has 3 aromatic heterocycles. The van der Waals surface area contributed by atoms with Crippen LogP contribution >= 0.6 is 22.9 Å². The Kier molecular flexibility index (Phi) is 5.53. The van der Waals surface area contributed by atoms with Crippen molar-refractivity contribution in [3.63, 3.8) is 0 Å². The Hall–Kier alpha value is -2.71. The highest BCUT2D eigenvalue weighted by Crippen LogP contribution is 2.45. The summed E-state index contributed by atoms with van der Waals surface area (Å²) in [6, 6.07) is 3.36. The van der Waals surface area contributed by atoms with Crippen molar-refractivity contribution in [3.05, 3.63) is 33.5 Å². The number of hydrogen-bond donors (Lipinski definition) is 4. The summed E-state index contributed by atoms with van der Waals surface area (Å²) in [5.74, 6) is 6.59. The number of halogens is 1. The van der Waals surface area contributed by atoms with Crippen molar-refractivity contribution in [1.29, 1.82) is 0 Å². The Bertz CT molecular complexity index is 1290. The molecule has 0 bridgehead atoms. The number of aliphatic hydroxyl groups excluding tert-OH is 2. The molecule has 0 saturated heterocycles. The first-order chi connectivity index (χ1) is 15.8. The van der Waals surface area contributed by atoms with E-state index in [9.17, 15) is 15.0 Å². The molecular formula is C22H23ClN6O3S. The average molecular weight is 487 g/mol. The molecule has 4 atom stereocenters. The summed E-state index contributed by atoms with van der Waals surface area (Å²) in [7, 11) is 1.52. The van der Waals surface area contributed by atoms with E-state index in [4.69, 9.17) is 11.6 Å². The molecule has 0 spiro atoms. The minimum absolute atomic E-state index is 0.227. The van der Waals surface area contributed by atoms with E-state index in [-0.39, 0.29) is 12.3 Å². The van der Waals surface area contributed by atoms with Crippen LogP contribution in [0.4, 0.5) is 5.82 Å². The van der Waals surface area contributed by atoms with E-state index in [2.05, 4.69) is 37.4 Å². The van der Waals surface area contributed by atoms with Crippen LogP contribution in [0.3, 0.4) is 0 Å². The summed E-state index contributed by atoms with van der Waals surface area (Å²) in [6.45, 7) is 1.65. The number of amides is 1. The SMILES string of the molecule is CNC(=O)C1(C)C[C@@H](n2cnc3c(NC4CC4)nc(C#Cc4ccc(Cl)s4)nc32)[C@H](O)[C@@H]1O. The molecule has 1 unspecified atom stereocenters. The van der Waals surface area contributed by atoms with Crippen molar-refractivity contribution in [2.24, 2.45) is 5.41 Å². The van der Waals surface area contributed by atoms with Crippen LogP contribution in [0.1, 0.15) is 42.9 Å². The van der Waals surface area contributed by atoms with Crippen LogP contribution in [0.25, 0.3) is 11.2 Å². The number of carbonyl (C=O) groups is 1. The van der Waals surface area contributed by atoms with Crippen LogP contribution in [-0.4, -0.2) is 60.9 Å². The molecule has 2 aliphatic rings. The molecule has 11 heteroatoms. The lowest BCUT2D eigenvalue weighted by Gasteiger charge is -2.26. The van der Waals surface area contributed by atoms with E-state index < -0.39 is 23.7 Å². The Morgan fingerprint density at radius 3 is 2.76 bits per heavy atom. The number of thiophene rings is 1. The third-order valence-corrected chi connectivity index (χ3v) is 7.46.